The van der Waals surface area contributed by atoms with Crippen molar-refractivity contribution in [2.75, 3.05) is 40.3 Å². The van der Waals surface area contributed by atoms with Crippen molar-refractivity contribution in [3.8, 4) is 11.1 Å². The largest absolute Gasteiger partial charge is 0.364 e. The molecule has 9 heteroatoms. The van der Waals surface area contributed by atoms with Crippen molar-refractivity contribution in [1.29, 1.82) is 0 Å². The van der Waals surface area contributed by atoms with Crippen LogP contribution in [0.5, 0.6) is 0 Å². The Kier molecular flexibility index (Phi) is 6.64. The fourth-order valence-corrected chi connectivity index (χ4v) is 5.36. The molecule has 0 aliphatic carbocycles. The minimum absolute atomic E-state index is 0.124. The normalized spacial score (nSPS) is 16.5. The predicted molar refractivity (Wildman–Crippen MR) is 125 cm³/mol. The predicted octanol–water partition coefficient (Wildman–Crippen LogP) is 3.11. The van der Waals surface area contributed by atoms with Crippen molar-refractivity contribution in [2.45, 2.75) is 17.9 Å². The van der Waals surface area contributed by atoms with Gasteiger partial charge in [-0.1, -0.05) is 35.5 Å². The molecule has 0 unspecified atom stereocenters. The van der Waals surface area contributed by atoms with Crippen LogP contribution in [0.2, 0.25) is 0 Å². The Bertz CT molecular complexity index is 1200. The van der Waals surface area contributed by atoms with Crippen LogP contribution in [0.3, 0.4) is 0 Å². The Morgan fingerprint density at radius 1 is 1.03 bits per heavy atom. The van der Waals surface area contributed by atoms with Crippen molar-refractivity contribution in [2.24, 2.45) is 0 Å². The first-order valence-electron chi connectivity index (χ1n) is 10.8. The Morgan fingerprint density at radius 3 is 2.36 bits per heavy atom. The number of benzene rings is 2. The molecule has 0 bridgehead atoms. The molecule has 1 aromatic heterocycles. The Hall–Kier alpha value is -3.01. The molecule has 8 nitrogen and oxygen atoms in total. The van der Waals surface area contributed by atoms with Gasteiger partial charge in [0.25, 0.3) is 5.91 Å². The van der Waals surface area contributed by atoms with Gasteiger partial charge in [-0.2, -0.15) is 4.31 Å². The van der Waals surface area contributed by atoms with Gasteiger partial charge in [0.1, 0.15) is 12.0 Å². The molecule has 3 aromatic rings. The topological polar surface area (TPSA) is 87.0 Å². The number of hydrogen-bond donors (Lipinski definition) is 0. The zero-order chi connectivity index (χ0) is 23.6. The summed E-state index contributed by atoms with van der Waals surface area (Å²) in [5.74, 6) is -0.293. The third kappa shape index (κ3) is 4.85. The molecular formula is C24H28N4O4S. The second-order valence-corrected chi connectivity index (χ2v) is 10.3. The zero-order valence-electron chi connectivity index (χ0n) is 19.0. The van der Waals surface area contributed by atoms with Crippen molar-refractivity contribution in [3.05, 3.63) is 72.1 Å². The lowest BCUT2D eigenvalue weighted by atomic mass is 10.0. The fourth-order valence-electron chi connectivity index (χ4n) is 3.86. The molecule has 174 valence electrons. The number of aromatic nitrogens is 1. The molecule has 0 saturated carbocycles. The standard InChI is InChI=1S/C24H28N4O4S/c1-18(23-9-14-32-25-23)27(3)24(29)21-15-20(19-7-5-4-6-8-19)16-22(17-21)33(30,31)28-12-10-26(2)11-13-28/h4-9,14-18H,10-13H2,1-3H3/t18-/m1/s1. The quantitative estimate of drug-likeness (QED) is 0.553. The molecule has 33 heavy (non-hydrogen) atoms. The number of carbonyl (C=O) groups excluding carboxylic acids is 1. The van der Waals surface area contributed by atoms with E-state index in [2.05, 4.69) is 10.1 Å². The Morgan fingerprint density at radius 2 is 1.73 bits per heavy atom. The highest BCUT2D eigenvalue weighted by atomic mass is 32.2. The molecule has 0 N–H and O–H groups in total. The van der Waals surface area contributed by atoms with Gasteiger partial charge in [-0.25, -0.2) is 8.42 Å². The summed E-state index contributed by atoms with van der Waals surface area (Å²) in [5, 5.41) is 3.93. The molecule has 4 rings (SSSR count). The molecule has 1 atom stereocenters. The Balaban J connectivity index is 1.75. The van der Waals surface area contributed by atoms with E-state index in [1.807, 2.05) is 44.3 Å². The maximum Gasteiger partial charge on any atom is 0.254 e. The minimum atomic E-state index is -3.75. The van der Waals surface area contributed by atoms with Crippen LogP contribution in [0.1, 0.15) is 29.0 Å². The van der Waals surface area contributed by atoms with E-state index in [0.717, 1.165) is 5.56 Å². The molecule has 1 fully saturated rings. The Labute approximate surface area is 194 Å². The highest BCUT2D eigenvalue weighted by Gasteiger charge is 2.30. The molecule has 2 heterocycles. The van der Waals surface area contributed by atoms with Crippen LogP contribution in [0.15, 0.2) is 70.3 Å². The van der Waals surface area contributed by atoms with Gasteiger partial charge in [0.15, 0.2) is 0 Å². The second-order valence-electron chi connectivity index (χ2n) is 8.34. The van der Waals surface area contributed by atoms with E-state index in [4.69, 9.17) is 4.52 Å². The van der Waals surface area contributed by atoms with Gasteiger partial charge in [-0.3, -0.25) is 4.79 Å². The van der Waals surface area contributed by atoms with Crippen molar-refractivity contribution < 1.29 is 17.7 Å². The number of amides is 1. The van der Waals surface area contributed by atoms with Crippen LogP contribution in [0.4, 0.5) is 0 Å². The zero-order valence-corrected chi connectivity index (χ0v) is 19.8. The first-order valence-corrected chi connectivity index (χ1v) is 12.3. The van der Waals surface area contributed by atoms with E-state index >= 15 is 0 Å². The number of piperazine rings is 1. The highest BCUT2D eigenvalue weighted by Crippen LogP contribution is 2.29. The molecule has 1 amide bonds. The van der Waals surface area contributed by atoms with Crippen LogP contribution in [0.25, 0.3) is 11.1 Å². The minimum Gasteiger partial charge on any atom is -0.364 e. The molecular weight excluding hydrogens is 440 g/mol. The molecule has 1 aliphatic heterocycles. The van der Waals surface area contributed by atoms with E-state index in [0.29, 0.717) is 43.0 Å². The van der Waals surface area contributed by atoms with E-state index in [1.165, 1.54) is 21.5 Å². The summed E-state index contributed by atoms with van der Waals surface area (Å²) in [4.78, 5) is 17.2. The smallest absolute Gasteiger partial charge is 0.254 e. The highest BCUT2D eigenvalue weighted by molar-refractivity contribution is 7.89. The summed E-state index contributed by atoms with van der Waals surface area (Å²) >= 11 is 0. The van der Waals surface area contributed by atoms with Gasteiger partial charge in [-0.05, 0) is 43.3 Å². The number of carbonyl (C=O) groups is 1. The van der Waals surface area contributed by atoms with Gasteiger partial charge in [0, 0.05) is 44.9 Å². The van der Waals surface area contributed by atoms with Gasteiger partial charge in [0.05, 0.1) is 10.9 Å². The van der Waals surface area contributed by atoms with Gasteiger partial charge in [-0.15, -0.1) is 0 Å². The summed E-state index contributed by atoms with van der Waals surface area (Å²) in [6.45, 7) is 4.02. The first-order chi connectivity index (χ1) is 15.8. The third-order valence-electron chi connectivity index (χ3n) is 6.15. The lowest BCUT2D eigenvalue weighted by Gasteiger charge is -2.31. The number of hydrogen-bond acceptors (Lipinski definition) is 6. The summed E-state index contributed by atoms with van der Waals surface area (Å²) in [6.07, 6.45) is 1.46. The lowest BCUT2D eigenvalue weighted by Crippen LogP contribution is -2.47. The summed E-state index contributed by atoms with van der Waals surface area (Å²) in [5.41, 5.74) is 2.45. The molecule has 2 aromatic carbocycles. The van der Waals surface area contributed by atoms with E-state index in [9.17, 15) is 13.2 Å². The molecule has 1 aliphatic rings. The van der Waals surface area contributed by atoms with Crippen LogP contribution < -0.4 is 0 Å². The van der Waals surface area contributed by atoms with Gasteiger partial charge >= 0.3 is 0 Å². The number of likely N-dealkylation sites (N-methyl/N-ethyl adjacent to an activating group) is 1. The van der Waals surface area contributed by atoms with Crippen LogP contribution in [-0.2, 0) is 10.0 Å². The van der Waals surface area contributed by atoms with E-state index < -0.39 is 10.0 Å². The lowest BCUT2D eigenvalue weighted by molar-refractivity contribution is 0.0737. The van der Waals surface area contributed by atoms with Gasteiger partial charge < -0.3 is 14.3 Å². The summed E-state index contributed by atoms with van der Waals surface area (Å²) < 4.78 is 33.4. The molecule has 1 saturated heterocycles. The van der Waals surface area contributed by atoms with Gasteiger partial charge in [0.2, 0.25) is 10.0 Å². The number of sulfonamides is 1. The molecule has 0 spiro atoms. The van der Waals surface area contributed by atoms with Crippen LogP contribution >= 0.6 is 0 Å². The monoisotopic (exact) mass is 468 g/mol. The number of nitrogens with zero attached hydrogens (tertiary/aromatic N) is 4. The average Bonchev–Trinajstić information content (AvgIpc) is 3.38. The number of rotatable bonds is 6. The first kappa shape index (κ1) is 23.2. The van der Waals surface area contributed by atoms with Crippen LogP contribution in [-0.4, -0.2) is 73.9 Å². The summed E-state index contributed by atoms with van der Waals surface area (Å²) in [6, 6.07) is 15.7. The van der Waals surface area contributed by atoms with E-state index in [1.54, 1.807) is 25.2 Å². The van der Waals surface area contributed by atoms with Crippen molar-refractivity contribution in [1.82, 2.24) is 19.3 Å². The van der Waals surface area contributed by atoms with E-state index in [-0.39, 0.29) is 16.8 Å². The van der Waals surface area contributed by atoms with Crippen LogP contribution in [0, 0.1) is 0 Å². The SMILES string of the molecule is C[C@H](c1ccon1)N(C)C(=O)c1cc(-c2ccccc2)cc(S(=O)(=O)N2CCN(C)CC2)c1. The molecule has 0 radical (unpaired) electrons. The van der Waals surface area contributed by atoms with Crippen molar-refractivity contribution >= 4 is 15.9 Å². The fraction of sp³-hybridized carbons (Fsp3) is 0.333. The maximum absolute atomic E-state index is 13.5. The maximum atomic E-state index is 13.5. The second kappa shape index (κ2) is 9.46. The summed E-state index contributed by atoms with van der Waals surface area (Å²) in [7, 11) is -0.106. The third-order valence-corrected chi connectivity index (χ3v) is 8.02. The van der Waals surface area contributed by atoms with Crippen molar-refractivity contribution in [3.63, 3.8) is 0 Å². The average molecular weight is 469 g/mol.